The maximum Gasteiger partial charge on any atom is 0.340 e. The van der Waals surface area contributed by atoms with Crippen LogP contribution in [0, 0.1) is 0 Å². The Bertz CT molecular complexity index is 1020. The lowest BCUT2D eigenvalue weighted by molar-refractivity contribution is 0.249. The molecule has 30 heavy (non-hydrogen) atoms. The van der Waals surface area contributed by atoms with E-state index in [-0.39, 0.29) is 6.03 Å². The van der Waals surface area contributed by atoms with Crippen LogP contribution in [0.15, 0.2) is 87.6 Å². The molecular weight excluding hydrogens is 394 g/mol. The van der Waals surface area contributed by atoms with E-state index < -0.39 is 0 Å². The predicted molar refractivity (Wildman–Crippen MR) is 123 cm³/mol. The van der Waals surface area contributed by atoms with Crippen LogP contribution in [-0.4, -0.2) is 32.4 Å². The van der Waals surface area contributed by atoms with Crippen LogP contribution in [0.4, 0.5) is 16.2 Å². The highest BCUT2D eigenvalue weighted by atomic mass is 32.2. The third kappa shape index (κ3) is 4.66. The molecule has 3 aromatic carbocycles. The van der Waals surface area contributed by atoms with Crippen LogP contribution in [0.2, 0.25) is 0 Å². The highest BCUT2D eigenvalue weighted by Crippen LogP contribution is 2.47. The Morgan fingerprint density at radius 2 is 1.73 bits per heavy atom. The second-order valence-electron chi connectivity index (χ2n) is 6.81. The van der Waals surface area contributed by atoms with E-state index in [0.717, 1.165) is 24.3 Å². The van der Waals surface area contributed by atoms with Gasteiger partial charge in [-0.2, -0.15) is 0 Å². The summed E-state index contributed by atoms with van der Waals surface area (Å²) in [4.78, 5) is 20.9. The molecule has 4 rings (SSSR count). The maximum absolute atomic E-state index is 12.1. The zero-order valence-electron chi connectivity index (χ0n) is 16.7. The molecule has 5 nitrogen and oxygen atoms in total. The molecule has 0 saturated carbocycles. The Morgan fingerprint density at radius 1 is 1.03 bits per heavy atom. The minimum absolute atomic E-state index is 0.340. The van der Waals surface area contributed by atoms with Gasteiger partial charge in [-0.05, 0) is 48.4 Å². The van der Waals surface area contributed by atoms with Crippen LogP contribution in [-0.2, 0) is 0 Å². The van der Waals surface area contributed by atoms with Crippen molar-refractivity contribution < 1.29 is 9.53 Å². The van der Waals surface area contributed by atoms with Crippen LogP contribution in [0.25, 0.3) is 0 Å². The van der Waals surface area contributed by atoms with E-state index in [1.165, 1.54) is 21.2 Å². The summed E-state index contributed by atoms with van der Waals surface area (Å²) in [5.41, 5.74) is 3.25. The summed E-state index contributed by atoms with van der Waals surface area (Å²) in [5.74, 6) is 0.736. The van der Waals surface area contributed by atoms with E-state index in [2.05, 4.69) is 63.7 Å². The highest BCUT2D eigenvalue weighted by molar-refractivity contribution is 7.99. The summed E-state index contributed by atoms with van der Waals surface area (Å²) >= 11 is 1.80. The van der Waals surface area contributed by atoms with Gasteiger partial charge in [0.2, 0.25) is 0 Å². The lowest BCUT2D eigenvalue weighted by atomic mass is 10.2. The van der Waals surface area contributed by atoms with Crippen molar-refractivity contribution in [1.29, 1.82) is 0 Å². The molecular formula is C24H23N3O2S. The number of amides is 2. The molecule has 0 unspecified atom stereocenters. The minimum Gasteiger partial charge on any atom is -0.497 e. The molecule has 0 atom stereocenters. The SMILES string of the molecule is COc1cccc(/C=N/C(=O)NCCCN2c3ccccc3Sc3ccccc32)c1. The first kappa shape index (κ1) is 20.0. The molecule has 1 aliphatic rings. The number of rotatable bonds is 6. The Morgan fingerprint density at radius 3 is 2.43 bits per heavy atom. The number of benzene rings is 3. The third-order valence-electron chi connectivity index (χ3n) is 4.79. The number of carbonyl (C=O) groups is 1. The average molecular weight is 418 g/mol. The fraction of sp³-hybridized carbons (Fsp3) is 0.167. The molecule has 0 radical (unpaired) electrons. The average Bonchev–Trinajstić information content (AvgIpc) is 2.80. The van der Waals surface area contributed by atoms with Crippen molar-refractivity contribution in [3.05, 3.63) is 78.4 Å². The largest absolute Gasteiger partial charge is 0.497 e. The second kappa shape index (κ2) is 9.50. The molecule has 1 aliphatic heterocycles. The quantitative estimate of drug-likeness (QED) is 0.424. The number of hydrogen-bond donors (Lipinski definition) is 1. The summed E-state index contributed by atoms with van der Waals surface area (Å²) in [6.45, 7) is 1.37. The topological polar surface area (TPSA) is 53.9 Å². The minimum atomic E-state index is -0.340. The molecule has 0 fully saturated rings. The molecule has 2 amide bonds. The van der Waals surface area contributed by atoms with Gasteiger partial charge in [-0.25, -0.2) is 9.79 Å². The second-order valence-corrected chi connectivity index (χ2v) is 7.89. The van der Waals surface area contributed by atoms with Gasteiger partial charge in [-0.3, -0.25) is 0 Å². The molecule has 152 valence electrons. The van der Waals surface area contributed by atoms with E-state index in [9.17, 15) is 4.79 Å². The van der Waals surface area contributed by atoms with E-state index in [4.69, 9.17) is 4.74 Å². The number of hydrogen-bond acceptors (Lipinski definition) is 4. The molecule has 0 spiro atoms. The van der Waals surface area contributed by atoms with Gasteiger partial charge in [0.05, 0.1) is 18.5 Å². The van der Waals surface area contributed by atoms with Crippen LogP contribution in [0.1, 0.15) is 12.0 Å². The molecule has 0 saturated heterocycles. The summed E-state index contributed by atoms with van der Waals surface area (Å²) in [6, 6.07) is 24.0. The normalized spacial score (nSPS) is 12.4. The Kier molecular flexibility index (Phi) is 6.35. The molecule has 3 aromatic rings. The molecule has 0 aromatic heterocycles. The molecule has 0 aliphatic carbocycles. The van der Waals surface area contributed by atoms with Crippen LogP contribution in [0.3, 0.4) is 0 Å². The van der Waals surface area contributed by atoms with Crippen molar-refractivity contribution in [2.24, 2.45) is 4.99 Å². The fourth-order valence-electron chi connectivity index (χ4n) is 3.36. The molecule has 6 heteroatoms. The molecule has 1 N–H and O–H groups in total. The summed E-state index contributed by atoms with van der Waals surface area (Å²) in [6.07, 6.45) is 2.36. The number of nitrogens with one attached hydrogen (secondary N) is 1. The van der Waals surface area contributed by atoms with Gasteiger partial charge < -0.3 is 15.0 Å². The highest BCUT2D eigenvalue weighted by Gasteiger charge is 2.22. The van der Waals surface area contributed by atoms with Crippen molar-refractivity contribution in [1.82, 2.24) is 5.32 Å². The zero-order valence-corrected chi connectivity index (χ0v) is 17.6. The Labute approximate surface area is 180 Å². The van der Waals surface area contributed by atoms with E-state index in [1.54, 1.807) is 25.1 Å². The van der Waals surface area contributed by atoms with E-state index in [0.29, 0.717) is 6.54 Å². The van der Waals surface area contributed by atoms with Gasteiger partial charge in [0.1, 0.15) is 5.75 Å². The lowest BCUT2D eigenvalue weighted by Gasteiger charge is -2.32. The van der Waals surface area contributed by atoms with Gasteiger partial charge in [0.25, 0.3) is 0 Å². The smallest absolute Gasteiger partial charge is 0.340 e. The van der Waals surface area contributed by atoms with Crippen molar-refractivity contribution in [2.45, 2.75) is 16.2 Å². The number of carbonyl (C=O) groups excluding carboxylic acids is 1. The number of nitrogens with zero attached hydrogens (tertiary/aromatic N) is 2. The lowest BCUT2D eigenvalue weighted by Crippen LogP contribution is -2.27. The molecule has 1 heterocycles. The van der Waals surface area contributed by atoms with Crippen LogP contribution in [0.5, 0.6) is 5.75 Å². The number of aliphatic imine (C=N–C) groups is 1. The first-order valence-corrected chi connectivity index (χ1v) is 10.7. The monoisotopic (exact) mass is 417 g/mol. The van der Waals surface area contributed by atoms with E-state index >= 15 is 0 Å². The van der Waals surface area contributed by atoms with Crippen molar-refractivity contribution in [3.63, 3.8) is 0 Å². The maximum atomic E-state index is 12.1. The number of fused-ring (bicyclic) bond motifs is 2. The number of methoxy groups -OCH3 is 1. The number of ether oxygens (including phenoxy) is 1. The standard InChI is InChI=1S/C24H23N3O2S/c1-29-19-9-6-8-18(16-19)17-26-24(28)25-14-7-15-27-20-10-2-4-12-22(20)30-23-13-5-3-11-21(23)27/h2-6,8-13,16-17H,7,14-15H2,1H3,(H,25,28)/b26-17+. The van der Waals surface area contributed by atoms with Crippen LogP contribution >= 0.6 is 11.8 Å². The van der Waals surface area contributed by atoms with Gasteiger partial charge in [0, 0.05) is 29.1 Å². The van der Waals surface area contributed by atoms with Gasteiger partial charge in [0.15, 0.2) is 0 Å². The van der Waals surface area contributed by atoms with Gasteiger partial charge >= 0.3 is 6.03 Å². The Balaban J connectivity index is 1.33. The fourth-order valence-corrected chi connectivity index (χ4v) is 4.45. The Hall–Kier alpha value is -3.25. The first-order valence-electron chi connectivity index (χ1n) is 9.84. The zero-order chi connectivity index (χ0) is 20.8. The van der Waals surface area contributed by atoms with Gasteiger partial charge in [-0.1, -0.05) is 48.2 Å². The van der Waals surface area contributed by atoms with Gasteiger partial charge in [-0.15, -0.1) is 0 Å². The first-order chi connectivity index (χ1) is 14.7. The summed E-state index contributed by atoms with van der Waals surface area (Å²) in [5, 5.41) is 2.87. The number of para-hydroxylation sites is 2. The van der Waals surface area contributed by atoms with Crippen molar-refractivity contribution in [2.75, 3.05) is 25.1 Å². The summed E-state index contributed by atoms with van der Waals surface area (Å²) < 4.78 is 5.18. The summed E-state index contributed by atoms with van der Waals surface area (Å²) in [7, 11) is 1.61. The van der Waals surface area contributed by atoms with Crippen LogP contribution < -0.4 is 15.0 Å². The predicted octanol–water partition coefficient (Wildman–Crippen LogP) is 5.52. The number of urea groups is 1. The third-order valence-corrected chi connectivity index (χ3v) is 5.92. The van der Waals surface area contributed by atoms with E-state index in [1.807, 2.05) is 24.3 Å². The number of anilines is 2. The van der Waals surface area contributed by atoms with Crippen molar-refractivity contribution in [3.8, 4) is 5.75 Å². The molecule has 0 bridgehead atoms. The van der Waals surface area contributed by atoms with Crippen molar-refractivity contribution >= 4 is 35.4 Å².